The molecule has 0 aliphatic heterocycles. The van der Waals surface area contributed by atoms with Gasteiger partial charge in [0.25, 0.3) is 0 Å². The Morgan fingerprint density at radius 1 is 1.33 bits per heavy atom. The van der Waals surface area contributed by atoms with Crippen molar-refractivity contribution in [2.24, 2.45) is 5.73 Å². The number of primary amides is 1. The fraction of sp³-hybridized carbons (Fsp3) is 0.714. The SMILES string of the molecule is CC(C)(C)OC(N)=O.[CH2-][B]C(F)(F)F.[K+]. The van der Waals surface area contributed by atoms with Gasteiger partial charge in [-0.1, -0.05) is 0 Å². The van der Waals surface area contributed by atoms with Crippen molar-refractivity contribution in [1.82, 2.24) is 0 Å². The number of alkyl halides is 3. The molecule has 0 aromatic rings. The van der Waals surface area contributed by atoms with Crippen LogP contribution in [0, 0.1) is 6.82 Å². The molecule has 0 saturated carbocycles. The van der Waals surface area contributed by atoms with Crippen LogP contribution < -0.4 is 57.1 Å². The molecule has 3 nitrogen and oxygen atoms in total. The summed E-state index contributed by atoms with van der Waals surface area (Å²) >= 11 is 0. The molecule has 83 valence electrons. The number of carbonyl (C=O) groups excluding carboxylic acids is 1. The topological polar surface area (TPSA) is 52.3 Å². The van der Waals surface area contributed by atoms with Crippen LogP contribution in [-0.4, -0.2) is 25.0 Å². The first-order chi connectivity index (χ1) is 5.98. The van der Waals surface area contributed by atoms with E-state index in [1.807, 2.05) is 0 Å². The number of hydrogen-bond acceptors (Lipinski definition) is 2. The summed E-state index contributed by atoms with van der Waals surface area (Å²) in [6, 6.07) is 0. The Balaban J connectivity index is -0.000000187. The van der Waals surface area contributed by atoms with Crippen LogP contribution in [0.25, 0.3) is 0 Å². The molecule has 0 rings (SSSR count). The maximum Gasteiger partial charge on any atom is 1.00 e. The van der Waals surface area contributed by atoms with Crippen LogP contribution in [0.2, 0.25) is 0 Å². The van der Waals surface area contributed by atoms with Gasteiger partial charge in [0.05, 0.1) is 7.28 Å². The molecular formula is C7H13BF3KNO2. The zero-order valence-electron chi connectivity index (χ0n) is 9.31. The van der Waals surface area contributed by atoms with E-state index in [0.717, 1.165) is 0 Å². The molecule has 1 radical (unpaired) electrons. The minimum absolute atomic E-state index is 0. The monoisotopic (exact) mass is 250 g/mol. The van der Waals surface area contributed by atoms with E-state index >= 15 is 0 Å². The van der Waals surface area contributed by atoms with E-state index in [4.69, 9.17) is 5.73 Å². The van der Waals surface area contributed by atoms with Crippen molar-refractivity contribution in [3.8, 4) is 0 Å². The van der Waals surface area contributed by atoms with E-state index in [9.17, 15) is 18.0 Å². The van der Waals surface area contributed by atoms with Crippen LogP contribution in [0.1, 0.15) is 20.8 Å². The van der Waals surface area contributed by atoms with Gasteiger partial charge in [-0.3, -0.25) is 0 Å². The summed E-state index contributed by atoms with van der Waals surface area (Å²) in [4.78, 5) is 10.0. The summed E-state index contributed by atoms with van der Waals surface area (Å²) in [6.07, 6.45) is -4.92. The average molecular weight is 250 g/mol. The normalized spacial score (nSPS) is 10.3. The molecule has 8 heteroatoms. The maximum absolute atomic E-state index is 10.7. The molecule has 15 heavy (non-hydrogen) atoms. The van der Waals surface area contributed by atoms with Gasteiger partial charge in [-0.25, -0.2) is 4.79 Å². The number of halogens is 3. The van der Waals surface area contributed by atoms with Crippen molar-refractivity contribution in [3.05, 3.63) is 6.82 Å². The van der Waals surface area contributed by atoms with Crippen molar-refractivity contribution in [2.75, 3.05) is 0 Å². The van der Waals surface area contributed by atoms with E-state index in [1.54, 1.807) is 20.8 Å². The van der Waals surface area contributed by atoms with Gasteiger partial charge in [0.15, 0.2) is 0 Å². The predicted molar refractivity (Wildman–Crippen MR) is 47.6 cm³/mol. The quantitative estimate of drug-likeness (QED) is 0.437. The van der Waals surface area contributed by atoms with Crippen LogP contribution in [0.5, 0.6) is 0 Å². The molecule has 0 aromatic heterocycles. The molecule has 0 fully saturated rings. The predicted octanol–water partition coefficient (Wildman–Crippen LogP) is -1.11. The molecule has 0 spiro atoms. The Bertz CT molecular complexity index is 182. The molecule has 0 aromatic carbocycles. The Labute approximate surface area is 131 Å². The molecule has 1 amide bonds. The van der Waals surface area contributed by atoms with Crippen molar-refractivity contribution >= 4 is 13.4 Å². The van der Waals surface area contributed by atoms with Crippen molar-refractivity contribution < 1.29 is 74.1 Å². The van der Waals surface area contributed by atoms with Crippen molar-refractivity contribution in [3.63, 3.8) is 0 Å². The van der Waals surface area contributed by atoms with E-state index in [2.05, 4.69) is 11.6 Å². The van der Waals surface area contributed by atoms with Gasteiger partial charge in [-0.2, -0.15) is 13.2 Å². The molecular weight excluding hydrogens is 237 g/mol. The number of carbonyl (C=O) groups is 1. The first kappa shape index (κ1) is 21.1. The second-order valence-corrected chi connectivity index (χ2v) is 3.28. The van der Waals surface area contributed by atoms with Gasteiger partial charge < -0.3 is 17.3 Å². The summed E-state index contributed by atoms with van der Waals surface area (Å²) in [5.41, 5.74) is 4.26. The Morgan fingerprint density at radius 3 is 1.60 bits per heavy atom. The number of hydrogen-bond donors (Lipinski definition) is 1. The average Bonchev–Trinajstić information content (AvgIpc) is 1.81. The van der Waals surface area contributed by atoms with Crippen LogP contribution in [-0.2, 0) is 4.74 Å². The first-order valence-corrected chi connectivity index (χ1v) is 3.66. The fourth-order valence-electron chi connectivity index (χ4n) is 0.302. The van der Waals surface area contributed by atoms with Gasteiger partial charge >= 0.3 is 63.6 Å². The van der Waals surface area contributed by atoms with Crippen LogP contribution in [0.4, 0.5) is 18.0 Å². The van der Waals surface area contributed by atoms with Crippen LogP contribution in [0.3, 0.4) is 0 Å². The van der Waals surface area contributed by atoms with Crippen LogP contribution in [0.15, 0.2) is 0 Å². The van der Waals surface area contributed by atoms with E-state index < -0.39 is 17.8 Å². The molecule has 0 aliphatic carbocycles. The van der Waals surface area contributed by atoms with Gasteiger partial charge in [0.1, 0.15) is 5.60 Å². The van der Waals surface area contributed by atoms with Gasteiger partial charge in [-0.15, -0.1) is 0 Å². The minimum atomic E-state index is -4.19. The largest absolute Gasteiger partial charge is 1.00 e. The fourth-order valence-corrected chi connectivity index (χ4v) is 0.302. The Morgan fingerprint density at radius 2 is 1.60 bits per heavy atom. The smallest absolute Gasteiger partial charge is 0.444 e. The summed E-state index contributed by atoms with van der Waals surface area (Å²) in [5, 5.41) is 0. The summed E-state index contributed by atoms with van der Waals surface area (Å²) < 4.78 is 36.6. The number of ether oxygens (including phenoxy) is 1. The third-order valence-electron chi connectivity index (χ3n) is 0.638. The van der Waals surface area contributed by atoms with Gasteiger partial charge in [-0.05, 0) is 20.8 Å². The summed E-state index contributed by atoms with van der Waals surface area (Å²) in [7, 11) is -0.0625. The van der Waals surface area contributed by atoms with Crippen molar-refractivity contribution in [1.29, 1.82) is 0 Å². The summed E-state index contributed by atoms with van der Waals surface area (Å²) in [6.45, 7) is 7.79. The second-order valence-electron chi connectivity index (χ2n) is 3.28. The van der Waals surface area contributed by atoms with E-state index in [1.165, 1.54) is 0 Å². The van der Waals surface area contributed by atoms with E-state index in [0.29, 0.717) is 0 Å². The van der Waals surface area contributed by atoms with E-state index in [-0.39, 0.29) is 58.7 Å². The third-order valence-corrected chi connectivity index (χ3v) is 0.638. The molecule has 0 aliphatic rings. The maximum atomic E-state index is 10.7. The molecule has 0 saturated heterocycles. The number of nitrogens with two attached hydrogens (primary N) is 1. The van der Waals surface area contributed by atoms with Gasteiger partial charge in [0, 0.05) is 0 Å². The number of rotatable bonds is 0. The molecule has 0 atom stereocenters. The van der Waals surface area contributed by atoms with Crippen molar-refractivity contribution in [2.45, 2.75) is 32.4 Å². The number of amides is 1. The zero-order chi connectivity index (χ0) is 12.0. The third kappa shape index (κ3) is 31.3. The molecule has 0 heterocycles. The van der Waals surface area contributed by atoms with Crippen LogP contribution >= 0.6 is 0 Å². The van der Waals surface area contributed by atoms with Gasteiger partial charge in [0.2, 0.25) is 0 Å². The zero-order valence-corrected chi connectivity index (χ0v) is 12.4. The Kier molecular flexibility index (Phi) is 12.5. The Hall–Kier alpha value is 0.761. The molecule has 0 bridgehead atoms. The standard InChI is InChI=1S/C5H11NO2.C2H2BF3.K/c1-5(2,3)8-4(6)7;1-3-2(4,5)6;/h1-3H3,(H2,6,7);1H2;/q;-1;+1. The molecule has 0 unspecified atom stereocenters. The summed E-state index contributed by atoms with van der Waals surface area (Å²) in [5.74, 6) is 0. The molecule has 2 N–H and O–H groups in total. The minimum Gasteiger partial charge on any atom is -0.444 e. The second kappa shape index (κ2) is 8.86. The first-order valence-electron chi connectivity index (χ1n) is 3.66.